The molecule has 1 aliphatic rings. The summed E-state index contributed by atoms with van der Waals surface area (Å²) in [5, 5.41) is 12.3. The minimum absolute atomic E-state index is 0.340. The van der Waals surface area contributed by atoms with Crippen LogP contribution < -0.4 is 5.32 Å². The number of carbonyl (C=O) groups is 1. The highest BCUT2D eigenvalue weighted by Gasteiger charge is 2.25. The fourth-order valence-corrected chi connectivity index (χ4v) is 2.54. The van der Waals surface area contributed by atoms with Crippen LogP contribution in [-0.4, -0.2) is 23.7 Å². The highest BCUT2D eigenvalue weighted by molar-refractivity contribution is 5.73. The first-order chi connectivity index (χ1) is 7.65. The second-order valence-electron chi connectivity index (χ2n) is 5.11. The van der Waals surface area contributed by atoms with Crippen LogP contribution in [0, 0.1) is 11.8 Å². The Morgan fingerprint density at radius 1 is 1.50 bits per heavy atom. The first-order valence-electron chi connectivity index (χ1n) is 6.61. The summed E-state index contributed by atoms with van der Waals surface area (Å²) in [6.45, 7) is 5.25. The summed E-state index contributed by atoms with van der Waals surface area (Å²) in [6, 6.07) is -0.340. The predicted octanol–water partition coefficient (Wildman–Crippen LogP) is 2.66. The summed E-state index contributed by atoms with van der Waals surface area (Å²) >= 11 is 0. The van der Waals surface area contributed by atoms with Crippen molar-refractivity contribution in [2.24, 2.45) is 11.8 Å². The molecule has 0 radical (unpaired) electrons. The van der Waals surface area contributed by atoms with Crippen LogP contribution >= 0.6 is 0 Å². The lowest BCUT2D eigenvalue weighted by molar-refractivity contribution is -0.139. The van der Waals surface area contributed by atoms with Gasteiger partial charge in [0.05, 0.1) is 0 Å². The molecule has 0 heterocycles. The molecule has 0 aromatic carbocycles. The van der Waals surface area contributed by atoms with E-state index < -0.39 is 5.97 Å². The van der Waals surface area contributed by atoms with Crippen LogP contribution in [-0.2, 0) is 4.79 Å². The van der Waals surface area contributed by atoms with Crippen molar-refractivity contribution < 1.29 is 9.90 Å². The number of carboxylic acid groups (broad SMARTS) is 1. The zero-order chi connectivity index (χ0) is 12.0. The molecule has 0 aromatic heterocycles. The number of rotatable bonds is 7. The summed E-state index contributed by atoms with van der Waals surface area (Å²) in [5.74, 6) is 0.746. The summed E-state index contributed by atoms with van der Waals surface area (Å²) in [4.78, 5) is 11.0. The first-order valence-corrected chi connectivity index (χ1v) is 6.61. The molecule has 0 amide bonds. The number of carboxylic acids is 1. The van der Waals surface area contributed by atoms with E-state index in [1.165, 1.54) is 19.3 Å². The number of hydrogen-bond donors (Lipinski definition) is 2. The molecule has 0 aromatic rings. The van der Waals surface area contributed by atoms with Crippen molar-refractivity contribution in [3.8, 4) is 0 Å². The summed E-state index contributed by atoms with van der Waals surface area (Å²) in [5.41, 5.74) is 0. The van der Waals surface area contributed by atoms with Gasteiger partial charge in [0.15, 0.2) is 0 Å². The van der Waals surface area contributed by atoms with Gasteiger partial charge < -0.3 is 10.4 Å². The molecule has 0 aliphatic heterocycles. The quantitative estimate of drug-likeness (QED) is 0.703. The lowest BCUT2D eigenvalue weighted by Crippen LogP contribution is -2.39. The van der Waals surface area contributed by atoms with E-state index in [4.69, 9.17) is 5.11 Å². The second kappa shape index (κ2) is 6.89. The standard InChI is InChI=1S/C13H25NO2/c1-3-4-8-12(13(15)16)14-9-11-7-5-6-10(11)2/h10-12,14H,3-9H2,1-2H3,(H,15,16). The van der Waals surface area contributed by atoms with Crippen molar-refractivity contribution in [1.29, 1.82) is 0 Å². The highest BCUT2D eigenvalue weighted by Crippen LogP contribution is 2.30. The fourth-order valence-electron chi connectivity index (χ4n) is 2.54. The Morgan fingerprint density at radius 3 is 2.75 bits per heavy atom. The minimum Gasteiger partial charge on any atom is -0.480 e. The van der Waals surface area contributed by atoms with Gasteiger partial charge >= 0.3 is 5.97 Å². The molecule has 0 spiro atoms. The van der Waals surface area contributed by atoms with Gasteiger partial charge in [-0.25, -0.2) is 0 Å². The molecular weight excluding hydrogens is 202 g/mol. The van der Waals surface area contributed by atoms with Gasteiger partial charge in [0, 0.05) is 0 Å². The molecule has 0 bridgehead atoms. The number of aliphatic carboxylic acids is 1. The van der Waals surface area contributed by atoms with Gasteiger partial charge in [-0.1, -0.05) is 39.5 Å². The Hall–Kier alpha value is -0.570. The van der Waals surface area contributed by atoms with Crippen LogP contribution in [0.5, 0.6) is 0 Å². The van der Waals surface area contributed by atoms with Crippen molar-refractivity contribution >= 4 is 5.97 Å². The predicted molar refractivity (Wildman–Crippen MR) is 65.5 cm³/mol. The van der Waals surface area contributed by atoms with E-state index >= 15 is 0 Å². The summed E-state index contributed by atoms with van der Waals surface area (Å²) < 4.78 is 0. The molecule has 3 nitrogen and oxygen atoms in total. The van der Waals surface area contributed by atoms with Crippen molar-refractivity contribution in [2.45, 2.75) is 58.4 Å². The van der Waals surface area contributed by atoms with Crippen LogP contribution in [0.3, 0.4) is 0 Å². The van der Waals surface area contributed by atoms with Crippen molar-refractivity contribution in [3.63, 3.8) is 0 Å². The monoisotopic (exact) mass is 227 g/mol. The van der Waals surface area contributed by atoms with Gasteiger partial charge in [0.1, 0.15) is 6.04 Å². The Labute approximate surface area is 98.6 Å². The van der Waals surface area contributed by atoms with Gasteiger partial charge in [-0.3, -0.25) is 4.79 Å². The van der Waals surface area contributed by atoms with Gasteiger partial charge in [0.25, 0.3) is 0 Å². The zero-order valence-corrected chi connectivity index (χ0v) is 10.5. The molecule has 3 heteroatoms. The SMILES string of the molecule is CCCCC(NCC1CCCC1C)C(=O)O. The lowest BCUT2D eigenvalue weighted by Gasteiger charge is -2.20. The molecule has 2 N–H and O–H groups in total. The molecule has 0 saturated heterocycles. The van der Waals surface area contributed by atoms with Gasteiger partial charge in [-0.2, -0.15) is 0 Å². The van der Waals surface area contributed by atoms with Gasteiger partial charge in [0.2, 0.25) is 0 Å². The van der Waals surface area contributed by atoms with Crippen LogP contribution in [0.2, 0.25) is 0 Å². The van der Waals surface area contributed by atoms with Crippen LogP contribution in [0.4, 0.5) is 0 Å². The Morgan fingerprint density at radius 2 is 2.25 bits per heavy atom. The first kappa shape index (κ1) is 13.5. The molecule has 3 atom stereocenters. The smallest absolute Gasteiger partial charge is 0.320 e. The Bertz CT molecular complexity index is 218. The highest BCUT2D eigenvalue weighted by atomic mass is 16.4. The van der Waals surface area contributed by atoms with Crippen molar-refractivity contribution in [2.75, 3.05) is 6.54 Å². The van der Waals surface area contributed by atoms with Crippen molar-refractivity contribution in [1.82, 2.24) is 5.32 Å². The average molecular weight is 227 g/mol. The topological polar surface area (TPSA) is 49.3 Å². The Kier molecular flexibility index (Phi) is 5.81. The van der Waals surface area contributed by atoms with Crippen LogP contribution in [0.1, 0.15) is 52.4 Å². The van der Waals surface area contributed by atoms with E-state index in [0.29, 0.717) is 5.92 Å². The Balaban J connectivity index is 2.28. The van der Waals surface area contributed by atoms with E-state index in [1.54, 1.807) is 0 Å². The van der Waals surface area contributed by atoms with Gasteiger partial charge in [-0.05, 0) is 31.2 Å². The summed E-state index contributed by atoms with van der Waals surface area (Å²) in [7, 11) is 0. The molecule has 1 fully saturated rings. The summed E-state index contributed by atoms with van der Waals surface area (Å²) in [6.07, 6.45) is 6.68. The number of unbranched alkanes of at least 4 members (excludes halogenated alkanes) is 1. The third kappa shape index (κ3) is 4.12. The van der Waals surface area contributed by atoms with E-state index in [2.05, 4.69) is 19.2 Å². The number of hydrogen-bond acceptors (Lipinski definition) is 2. The molecule has 16 heavy (non-hydrogen) atoms. The lowest BCUT2D eigenvalue weighted by atomic mass is 9.97. The van der Waals surface area contributed by atoms with Crippen molar-refractivity contribution in [3.05, 3.63) is 0 Å². The average Bonchev–Trinajstić information content (AvgIpc) is 2.64. The fraction of sp³-hybridized carbons (Fsp3) is 0.923. The van der Waals surface area contributed by atoms with E-state index in [-0.39, 0.29) is 6.04 Å². The normalized spacial score (nSPS) is 26.9. The molecular formula is C13H25NO2. The minimum atomic E-state index is -0.695. The van der Waals surface area contributed by atoms with Crippen LogP contribution in [0.25, 0.3) is 0 Å². The van der Waals surface area contributed by atoms with Gasteiger partial charge in [-0.15, -0.1) is 0 Å². The third-order valence-electron chi connectivity index (χ3n) is 3.81. The maximum Gasteiger partial charge on any atom is 0.320 e. The van der Waals surface area contributed by atoms with E-state index in [1.807, 2.05) is 0 Å². The maximum absolute atomic E-state index is 11.0. The molecule has 1 saturated carbocycles. The molecule has 1 aliphatic carbocycles. The molecule has 1 rings (SSSR count). The number of nitrogens with one attached hydrogen (secondary N) is 1. The zero-order valence-electron chi connectivity index (χ0n) is 10.5. The van der Waals surface area contributed by atoms with E-state index in [0.717, 1.165) is 31.7 Å². The molecule has 94 valence electrons. The molecule has 3 unspecified atom stereocenters. The maximum atomic E-state index is 11.0. The van der Waals surface area contributed by atoms with E-state index in [9.17, 15) is 4.79 Å². The second-order valence-corrected chi connectivity index (χ2v) is 5.11. The van der Waals surface area contributed by atoms with Crippen LogP contribution in [0.15, 0.2) is 0 Å². The third-order valence-corrected chi connectivity index (χ3v) is 3.81. The largest absolute Gasteiger partial charge is 0.480 e.